The molecule has 5 heteroatoms. The monoisotopic (exact) mass is 737 g/mol. The van der Waals surface area contributed by atoms with Gasteiger partial charge >= 0.3 is 0 Å². The number of hydrogen-bond donors (Lipinski definition) is 0. The summed E-state index contributed by atoms with van der Waals surface area (Å²) >= 11 is 1.84. The Balaban J connectivity index is 1.04. The number of hydrogen-bond acceptors (Lipinski definition) is 3. The number of aromatic nitrogens is 2. The van der Waals surface area contributed by atoms with Gasteiger partial charge in [-0.15, -0.1) is 11.3 Å². The average Bonchev–Trinajstić information content (AvgIpc) is 3.78. The Labute approximate surface area is 326 Å². The molecule has 8 aromatic carbocycles. The third-order valence-corrected chi connectivity index (χ3v) is 12.1. The van der Waals surface area contributed by atoms with Crippen LogP contribution in [-0.4, -0.2) is 9.55 Å². The lowest BCUT2D eigenvalue weighted by Gasteiger charge is -2.25. The molecule has 0 amide bonds. The molecule has 11 aromatic rings. The molecule has 0 radical (unpaired) electrons. The maximum Gasteiger partial charge on any atom is 0.212 e. The first-order valence-corrected chi connectivity index (χ1v) is 19.5. The van der Waals surface area contributed by atoms with Crippen LogP contribution in [0, 0.1) is 5.95 Å². The lowest BCUT2D eigenvalue weighted by atomic mass is 10.0. The smallest absolute Gasteiger partial charge is 0.212 e. The van der Waals surface area contributed by atoms with Gasteiger partial charge in [0.05, 0.1) is 22.9 Å². The zero-order valence-electron chi connectivity index (χ0n) is 30.1. The number of nitrogens with zero attached hydrogens (tertiary/aromatic N) is 3. The molecule has 0 atom stereocenters. The van der Waals surface area contributed by atoms with E-state index in [1.165, 1.54) is 53.3 Å². The minimum Gasteiger partial charge on any atom is -0.309 e. The first-order valence-electron chi connectivity index (χ1n) is 18.7. The van der Waals surface area contributed by atoms with Crippen LogP contribution in [-0.2, 0) is 0 Å². The number of thiophene rings is 1. The van der Waals surface area contributed by atoms with Crippen molar-refractivity contribution in [3.63, 3.8) is 0 Å². The SMILES string of the molecule is Fc1ccc(N(c2ccc(-c3ccccc3)cc2)c2ccc(-c3ccc4c5cc6ccccc6cc5n(-c5ccc6sc7ccccc7c6c5)c4c3)cc2)cn1. The van der Waals surface area contributed by atoms with E-state index in [-0.39, 0.29) is 0 Å². The predicted molar refractivity (Wildman–Crippen MR) is 234 cm³/mol. The van der Waals surface area contributed by atoms with E-state index in [0.29, 0.717) is 0 Å². The molecule has 0 saturated heterocycles. The average molecular weight is 738 g/mol. The Hall–Kier alpha value is -7.08. The fourth-order valence-electron chi connectivity index (χ4n) is 8.20. The summed E-state index contributed by atoms with van der Waals surface area (Å²) in [6, 6.07) is 66.3. The van der Waals surface area contributed by atoms with E-state index in [2.05, 4.69) is 172 Å². The van der Waals surface area contributed by atoms with Crippen LogP contribution in [0.1, 0.15) is 0 Å². The van der Waals surface area contributed by atoms with E-state index >= 15 is 0 Å². The highest BCUT2D eigenvalue weighted by Gasteiger charge is 2.18. The Morgan fingerprint density at radius 2 is 1.04 bits per heavy atom. The van der Waals surface area contributed by atoms with E-state index in [4.69, 9.17) is 0 Å². The van der Waals surface area contributed by atoms with E-state index in [1.807, 2.05) is 29.5 Å². The second-order valence-corrected chi connectivity index (χ2v) is 15.3. The van der Waals surface area contributed by atoms with Crippen LogP contribution in [0.4, 0.5) is 21.5 Å². The fourth-order valence-corrected chi connectivity index (χ4v) is 9.28. The molecule has 0 aliphatic heterocycles. The number of rotatable bonds is 6. The van der Waals surface area contributed by atoms with Gasteiger partial charge in [-0.1, -0.05) is 109 Å². The molecular weight excluding hydrogens is 706 g/mol. The van der Waals surface area contributed by atoms with E-state index in [9.17, 15) is 4.39 Å². The minimum atomic E-state index is -0.507. The van der Waals surface area contributed by atoms with Gasteiger partial charge in [0, 0.05) is 48.0 Å². The molecule has 0 unspecified atom stereocenters. The Kier molecular flexibility index (Phi) is 7.54. The molecular formula is C51H32FN3S. The summed E-state index contributed by atoms with van der Waals surface area (Å²) < 4.78 is 19.0. The van der Waals surface area contributed by atoms with Crippen molar-refractivity contribution in [1.29, 1.82) is 0 Å². The van der Waals surface area contributed by atoms with Crippen LogP contribution in [0.5, 0.6) is 0 Å². The summed E-state index contributed by atoms with van der Waals surface area (Å²) in [6.45, 7) is 0. The molecule has 0 fully saturated rings. The maximum atomic E-state index is 14.0. The molecule has 3 heterocycles. The highest BCUT2D eigenvalue weighted by atomic mass is 32.1. The largest absolute Gasteiger partial charge is 0.309 e. The van der Waals surface area contributed by atoms with Crippen molar-refractivity contribution < 1.29 is 4.39 Å². The van der Waals surface area contributed by atoms with Gasteiger partial charge in [-0.05, 0) is 112 Å². The van der Waals surface area contributed by atoms with Crippen molar-refractivity contribution in [2.45, 2.75) is 0 Å². The molecule has 0 spiro atoms. The van der Waals surface area contributed by atoms with Gasteiger partial charge in [-0.2, -0.15) is 4.39 Å². The summed E-state index contributed by atoms with van der Waals surface area (Å²) in [7, 11) is 0. The second-order valence-electron chi connectivity index (χ2n) is 14.2. The third kappa shape index (κ3) is 5.44. The van der Waals surface area contributed by atoms with Crippen LogP contribution in [0.2, 0.25) is 0 Å². The summed E-state index contributed by atoms with van der Waals surface area (Å²) in [5.41, 5.74) is 10.7. The number of fused-ring (bicyclic) bond motifs is 7. The lowest BCUT2D eigenvalue weighted by Crippen LogP contribution is -2.10. The molecule has 0 bridgehead atoms. The molecule has 56 heavy (non-hydrogen) atoms. The Morgan fingerprint density at radius 3 is 1.79 bits per heavy atom. The zero-order valence-corrected chi connectivity index (χ0v) is 30.9. The molecule has 11 rings (SSSR count). The van der Waals surface area contributed by atoms with Crippen molar-refractivity contribution in [3.05, 3.63) is 200 Å². The first kappa shape index (κ1) is 32.4. The number of benzene rings is 8. The predicted octanol–water partition coefficient (Wildman–Crippen LogP) is 14.6. The van der Waals surface area contributed by atoms with Crippen molar-refractivity contribution in [3.8, 4) is 27.9 Å². The van der Waals surface area contributed by atoms with Gasteiger partial charge in [-0.25, -0.2) is 4.98 Å². The lowest BCUT2D eigenvalue weighted by molar-refractivity contribution is 0.584. The quantitative estimate of drug-likeness (QED) is 0.158. The Bertz CT molecular complexity index is 3240. The standard InChI is InChI=1S/C51H32FN3S/c52-51-27-24-42(32-53-51)54(39-19-14-34(15-20-39)33-8-2-1-3-9-33)40-21-16-35(17-22-40)38-18-25-43-45-28-36-10-4-5-11-37(36)29-48(45)55(47(43)30-38)41-23-26-50-46(31-41)44-12-6-7-13-49(44)56-50/h1-32H. The van der Waals surface area contributed by atoms with Crippen LogP contribution in [0.25, 0.3) is 80.7 Å². The third-order valence-electron chi connectivity index (χ3n) is 10.9. The highest BCUT2D eigenvalue weighted by molar-refractivity contribution is 7.25. The summed E-state index contributed by atoms with van der Waals surface area (Å²) in [5, 5.41) is 7.47. The molecule has 3 aromatic heterocycles. The van der Waals surface area contributed by atoms with Crippen LogP contribution < -0.4 is 4.90 Å². The topological polar surface area (TPSA) is 21.1 Å². The molecule has 0 N–H and O–H groups in total. The van der Waals surface area contributed by atoms with Crippen molar-refractivity contribution in [2.75, 3.05) is 4.90 Å². The van der Waals surface area contributed by atoms with Gasteiger partial charge in [0.1, 0.15) is 0 Å². The second kappa shape index (κ2) is 13.0. The van der Waals surface area contributed by atoms with Gasteiger partial charge < -0.3 is 9.47 Å². The molecule has 264 valence electrons. The van der Waals surface area contributed by atoms with Crippen LogP contribution in [0.15, 0.2) is 194 Å². The normalized spacial score (nSPS) is 11.7. The molecule has 0 saturated carbocycles. The molecule has 0 aliphatic rings. The van der Waals surface area contributed by atoms with E-state index in [1.54, 1.807) is 12.3 Å². The zero-order chi connectivity index (χ0) is 37.2. The van der Waals surface area contributed by atoms with Gasteiger partial charge in [0.2, 0.25) is 5.95 Å². The molecule has 3 nitrogen and oxygen atoms in total. The van der Waals surface area contributed by atoms with E-state index in [0.717, 1.165) is 50.5 Å². The van der Waals surface area contributed by atoms with Crippen LogP contribution in [0.3, 0.4) is 0 Å². The van der Waals surface area contributed by atoms with Gasteiger partial charge in [0.25, 0.3) is 0 Å². The summed E-state index contributed by atoms with van der Waals surface area (Å²) in [6.07, 6.45) is 1.58. The van der Waals surface area contributed by atoms with Gasteiger partial charge in [-0.3, -0.25) is 0 Å². The van der Waals surface area contributed by atoms with Crippen molar-refractivity contribution >= 4 is 81.1 Å². The van der Waals surface area contributed by atoms with Gasteiger partial charge in [0.15, 0.2) is 0 Å². The highest BCUT2D eigenvalue weighted by Crippen LogP contribution is 2.41. The fraction of sp³-hybridized carbons (Fsp3) is 0. The maximum absolute atomic E-state index is 14.0. The molecule has 0 aliphatic carbocycles. The van der Waals surface area contributed by atoms with E-state index < -0.39 is 5.95 Å². The number of halogens is 1. The van der Waals surface area contributed by atoms with Crippen molar-refractivity contribution in [2.24, 2.45) is 0 Å². The summed E-state index contributed by atoms with van der Waals surface area (Å²) in [4.78, 5) is 6.11. The Morgan fingerprint density at radius 1 is 0.429 bits per heavy atom. The number of anilines is 3. The minimum absolute atomic E-state index is 0.507. The summed E-state index contributed by atoms with van der Waals surface area (Å²) in [5.74, 6) is -0.507. The first-order chi connectivity index (χ1) is 27.6. The number of pyridine rings is 1. The van der Waals surface area contributed by atoms with Crippen LogP contribution >= 0.6 is 11.3 Å². The van der Waals surface area contributed by atoms with Crippen molar-refractivity contribution in [1.82, 2.24) is 9.55 Å².